The second-order valence-electron chi connectivity index (χ2n) is 7.06. The molecule has 0 spiro atoms. The zero-order chi connectivity index (χ0) is 20.4. The van der Waals surface area contributed by atoms with Crippen LogP contribution in [0.5, 0.6) is 0 Å². The van der Waals surface area contributed by atoms with Gasteiger partial charge in [0.2, 0.25) is 10.0 Å². The van der Waals surface area contributed by atoms with Gasteiger partial charge in [-0.05, 0) is 46.8 Å². The second-order valence-corrected chi connectivity index (χ2v) is 8.83. The van der Waals surface area contributed by atoms with E-state index in [2.05, 4.69) is 52.9 Å². The average Bonchev–Trinajstić information content (AvgIpc) is 2.60. The highest BCUT2D eigenvalue weighted by molar-refractivity contribution is 7.89. The van der Waals surface area contributed by atoms with Crippen molar-refractivity contribution in [1.29, 1.82) is 0 Å². The quantitative estimate of drug-likeness (QED) is 0.317. The SMILES string of the molecule is CN=C(NCCNS(=O)(=O)c1ccc(C)cc1)NCCN(C(C)C)C(C)C. The highest BCUT2D eigenvalue weighted by Crippen LogP contribution is 2.09. The topological polar surface area (TPSA) is 85.8 Å². The number of guanidine groups is 1. The summed E-state index contributed by atoms with van der Waals surface area (Å²) >= 11 is 0. The molecule has 0 fully saturated rings. The maximum Gasteiger partial charge on any atom is 0.240 e. The molecule has 3 N–H and O–H groups in total. The van der Waals surface area contributed by atoms with Crippen LogP contribution in [0, 0.1) is 6.92 Å². The molecule has 0 saturated carbocycles. The van der Waals surface area contributed by atoms with E-state index in [0.717, 1.165) is 18.7 Å². The Kier molecular flexibility index (Phi) is 9.76. The van der Waals surface area contributed by atoms with Crippen molar-refractivity contribution in [2.45, 2.75) is 51.6 Å². The Bertz CT molecular complexity index is 677. The fraction of sp³-hybridized carbons (Fsp3) is 0.632. The van der Waals surface area contributed by atoms with Gasteiger partial charge < -0.3 is 10.6 Å². The Labute approximate surface area is 164 Å². The van der Waals surface area contributed by atoms with Crippen molar-refractivity contribution in [3.8, 4) is 0 Å². The van der Waals surface area contributed by atoms with Crippen LogP contribution >= 0.6 is 0 Å². The number of rotatable bonds is 10. The number of nitrogens with one attached hydrogen (secondary N) is 3. The standard InChI is InChI=1S/C19H35N5O2S/c1-15(2)24(16(3)4)14-13-22-19(20-6)21-11-12-23-27(25,26)18-9-7-17(5)8-10-18/h7-10,15-16,23H,11-14H2,1-6H3,(H2,20,21,22). The van der Waals surface area contributed by atoms with Crippen LogP contribution in [0.15, 0.2) is 34.2 Å². The summed E-state index contributed by atoms with van der Waals surface area (Å²) in [5.74, 6) is 0.664. The zero-order valence-electron chi connectivity index (χ0n) is 17.4. The minimum atomic E-state index is -3.49. The minimum Gasteiger partial charge on any atom is -0.355 e. The van der Waals surface area contributed by atoms with Crippen LogP contribution in [0.3, 0.4) is 0 Å². The van der Waals surface area contributed by atoms with Gasteiger partial charge in [0.05, 0.1) is 4.90 Å². The first-order chi connectivity index (χ1) is 12.7. The van der Waals surface area contributed by atoms with Crippen molar-refractivity contribution in [2.75, 3.05) is 33.2 Å². The van der Waals surface area contributed by atoms with Crippen LogP contribution in [-0.2, 0) is 10.0 Å². The van der Waals surface area contributed by atoms with Crippen LogP contribution < -0.4 is 15.4 Å². The molecule has 0 radical (unpaired) electrons. The molecule has 7 nitrogen and oxygen atoms in total. The summed E-state index contributed by atoms with van der Waals surface area (Å²) in [5, 5.41) is 6.39. The summed E-state index contributed by atoms with van der Waals surface area (Å²) in [7, 11) is -1.78. The molecule has 0 saturated heterocycles. The van der Waals surface area contributed by atoms with Gasteiger partial charge in [-0.15, -0.1) is 0 Å². The lowest BCUT2D eigenvalue weighted by Gasteiger charge is -2.30. The Morgan fingerprint density at radius 3 is 2.07 bits per heavy atom. The lowest BCUT2D eigenvalue weighted by atomic mass is 10.2. The predicted octanol–water partition coefficient (Wildman–Crippen LogP) is 1.56. The van der Waals surface area contributed by atoms with Crippen molar-refractivity contribution in [1.82, 2.24) is 20.3 Å². The lowest BCUT2D eigenvalue weighted by Crippen LogP contribution is -2.46. The number of benzene rings is 1. The first-order valence-electron chi connectivity index (χ1n) is 9.44. The maximum atomic E-state index is 12.2. The van der Waals surface area contributed by atoms with E-state index in [1.807, 2.05) is 6.92 Å². The Balaban J connectivity index is 2.38. The van der Waals surface area contributed by atoms with Crippen LogP contribution in [-0.4, -0.2) is 64.6 Å². The molecule has 1 aromatic carbocycles. The fourth-order valence-corrected chi connectivity index (χ4v) is 3.84. The molecule has 154 valence electrons. The minimum absolute atomic E-state index is 0.276. The molecule has 27 heavy (non-hydrogen) atoms. The van der Waals surface area contributed by atoms with E-state index in [0.29, 0.717) is 24.6 Å². The smallest absolute Gasteiger partial charge is 0.240 e. The normalized spacial score (nSPS) is 12.9. The van der Waals surface area contributed by atoms with Crippen molar-refractivity contribution >= 4 is 16.0 Å². The highest BCUT2D eigenvalue weighted by Gasteiger charge is 2.14. The molecule has 0 unspecified atom stereocenters. The summed E-state index contributed by atoms with van der Waals surface area (Å²) in [6.45, 7) is 13.1. The van der Waals surface area contributed by atoms with Crippen LogP contribution in [0.1, 0.15) is 33.3 Å². The largest absolute Gasteiger partial charge is 0.355 e. The van der Waals surface area contributed by atoms with Gasteiger partial charge in [0.15, 0.2) is 5.96 Å². The highest BCUT2D eigenvalue weighted by atomic mass is 32.2. The number of sulfonamides is 1. The third-order valence-corrected chi connectivity index (χ3v) is 5.73. The summed E-state index contributed by atoms with van der Waals surface area (Å²) < 4.78 is 27.1. The molecule has 0 heterocycles. The van der Waals surface area contributed by atoms with E-state index in [1.165, 1.54) is 0 Å². The third-order valence-electron chi connectivity index (χ3n) is 4.25. The van der Waals surface area contributed by atoms with E-state index in [4.69, 9.17) is 0 Å². The van der Waals surface area contributed by atoms with Crippen LogP contribution in [0.2, 0.25) is 0 Å². The zero-order valence-corrected chi connectivity index (χ0v) is 18.2. The Morgan fingerprint density at radius 1 is 1.00 bits per heavy atom. The third kappa shape index (κ3) is 8.28. The Morgan fingerprint density at radius 2 is 1.56 bits per heavy atom. The van der Waals surface area contributed by atoms with Gasteiger partial charge in [0.1, 0.15) is 0 Å². The van der Waals surface area contributed by atoms with Gasteiger partial charge >= 0.3 is 0 Å². The van der Waals surface area contributed by atoms with Gasteiger partial charge in [-0.1, -0.05) is 17.7 Å². The van der Waals surface area contributed by atoms with Crippen molar-refractivity contribution in [3.63, 3.8) is 0 Å². The van der Waals surface area contributed by atoms with E-state index < -0.39 is 10.0 Å². The van der Waals surface area contributed by atoms with Gasteiger partial charge in [-0.25, -0.2) is 13.1 Å². The van der Waals surface area contributed by atoms with Crippen molar-refractivity contribution in [2.24, 2.45) is 4.99 Å². The predicted molar refractivity (Wildman–Crippen MR) is 113 cm³/mol. The van der Waals surface area contributed by atoms with Crippen molar-refractivity contribution in [3.05, 3.63) is 29.8 Å². The molecule has 8 heteroatoms. The van der Waals surface area contributed by atoms with Gasteiger partial charge in [0, 0.05) is 45.3 Å². The summed E-state index contributed by atoms with van der Waals surface area (Å²) in [5.41, 5.74) is 1.03. The molecule has 0 atom stereocenters. The summed E-state index contributed by atoms with van der Waals surface area (Å²) in [6, 6.07) is 7.77. The first kappa shape index (κ1) is 23.4. The van der Waals surface area contributed by atoms with E-state index in [1.54, 1.807) is 31.3 Å². The van der Waals surface area contributed by atoms with E-state index in [9.17, 15) is 8.42 Å². The molecular weight excluding hydrogens is 362 g/mol. The average molecular weight is 398 g/mol. The molecule has 0 aliphatic carbocycles. The Hall–Kier alpha value is -1.64. The van der Waals surface area contributed by atoms with Crippen LogP contribution in [0.4, 0.5) is 0 Å². The molecule has 0 aromatic heterocycles. The first-order valence-corrected chi connectivity index (χ1v) is 10.9. The molecule has 0 aliphatic rings. The number of nitrogens with zero attached hydrogens (tertiary/aromatic N) is 2. The maximum absolute atomic E-state index is 12.2. The second kappa shape index (κ2) is 11.3. The van der Waals surface area contributed by atoms with E-state index >= 15 is 0 Å². The van der Waals surface area contributed by atoms with Gasteiger partial charge in [-0.3, -0.25) is 9.89 Å². The van der Waals surface area contributed by atoms with Gasteiger partial charge in [-0.2, -0.15) is 0 Å². The van der Waals surface area contributed by atoms with Gasteiger partial charge in [0.25, 0.3) is 0 Å². The molecule has 0 aliphatic heterocycles. The van der Waals surface area contributed by atoms with E-state index in [-0.39, 0.29) is 11.4 Å². The number of hydrogen-bond donors (Lipinski definition) is 3. The fourth-order valence-electron chi connectivity index (χ4n) is 2.80. The monoisotopic (exact) mass is 397 g/mol. The number of aliphatic imine (C=N–C) groups is 1. The molecular formula is C19H35N5O2S. The molecule has 1 aromatic rings. The molecule has 1 rings (SSSR count). The molecule has 0 bridgehead atoms. The van der Waals surface area contributed by atoms with Crippen LogP contribution in [0.25, 0.3) is 0 Å². The van der Waals surface area contributed by atoms with Crippen molar-refractivity contribution < 1.29 is 8.42 Å². The number of hydrogen-bond acceptors (Lipinski definition) is 4. The number of aryl methyl sites for hydroxylation is 1. The molecule has 0 amide bonds. The summed E-state index contributed by atoms with van der Waals surface area (Å²) in [4.78, 5) is 6.85. The summed E-state index contributed by atoms with van der Waals surface area (Å²) in [6.07, 6.45) is 0. The lowest BCUT2D eigenvalue weighted by molar-refractivity contribution is 0.178.